The van der Waals surface area contributed by atoms with Gasteiger partial charge in [0.15, 0.2) is 0 Å². The molecule has 2 aliphatic heterocycles. The average molecular weight is 559 g/mol. The second-order valence-electron chi connectivity index (χ2n) is 12.4. The summed E-state index contributed by atoms with van der Waals surface area (Å²) in [6.45, 7) is 6.02. The van der Waals surface area contributed by atoms with Crippen LogP contribution in [0.3, 0.4) is 0 Å². The molecular weight excluding hydrogens is 520 g/mol. The van der Waals surface area contributed by atoms with E-state index >= 15 is 0 Å². The topological polar surface area (TPSA) is 85.5 Å². The highest BCUT2D eigenvalue weighted by atomic mass is 32.2. The van der Waals surface area contributed by atoms with Crippen LogP contribution in [0.5, 0.6) is 0 Å². The molecule has 40 heavy (non-hydrogen) atoms. The third kappa shape index (κ3) is 4.77. The molecule has 2 aromatic carbocycles. The van der Waals surface area contributed by atoms with Gasteiger partial charge in [0, 0.05) is 29.2 Å². The van der Waals surface area contributed by atoms with Gasteiger partial charge in [-0.2, -0.15) is 0 Å². The van der Waals surface area contributed by atoms with Crippen LogP contribution in [0, 0.1) is 5.41 Å². The van der Waals surface area contributed by atoms with Crippen LogP contribution in [-0.4, -0.2) is 51.4 Å². The standard InChI is InChI=1S/C32H38N4O3S/c1-32(2)15-13-24-23(9-7-16-35(3)4)28(33-29(24)20-32)19-26-25-18-22(11-12-27(25)34-31(26)37)40(38,39)36-17-14-21-8-5-6-10-30(21)36/h5-6,8,10-12,18-19,33H,7,9,13-17,20H2,1-4H3,(H,34,37)/b26-19-. The molecule has 0 unspecified atom stereocenters. The summed E-state index contributed by atoms with van der Waals surface area (Å²) in [6, 6.07) is 12.6. The van der Waals surface area contributed by atoms with Crippen molar-refractivity contribution in [3.8, 4) is 0 Å². The summed E-state index contributed by atoms with van der Waals surface area (Å²) in [7, 11) is 0.399. The molecule has 3 heterocycles. The molecule has 3 aliphatic rings. The van der Waals surface area contributed by atoms with Gasteiger partial charge in [0.05, 0.1) is 16.2 Å². The molecule has 0 spiro atoms. The van der Waals surface area contributed by atoms with E-state index in [1.807, 2.05) is 30.3 Å². The second kappa shape index (κ2) is 9.93. The highest BCUT2D eigenvalue weighted by molar-refractivity contribution is 7.92. The first kappa shape index (κ1) is 26.8. The summed E-state index contributed by atoms with van der Waals surface area (Å²) in [5.41, 5.74) is 8.70. The molecule has 2 N–H and O–H groups in total. The number of H-pyrrole nitrogens is 1. The molecule has 0 radical (unpaired) electrons. The van der Waals surface area contributed by atoms with Crippen molar-refractivity contribution in [3.05, 3.63) is 76.1 Å². The van der Waals surface area contributed by atoms with Crippen molar-refractivity contribution in [2.24, 2.45) is 5.41 Å². The number of benzene rings is 2. The predicted molar refractivity (Wildman–Crippen MR) is 161 cm³/mol. The molecule has 0 bridgehead atoms. The van der Waals surface area contributed by atoms with Gasteiger partial charge in [0.2, 0.25) is 0 Å². The number of rotatable bonds is 7. The van der Waals surface area contributed by atoms with Crippen LogP contribution in [0.15, 0.2) is 47.4 Å². The minimum atomic E-state index is -3.78. The van der Waals surface area contributed by atoms with Gasteiger partial charge in [-0.1, -0.05) is 32.0 Å². The van der Waals surface area contributed by atoms with E-state index in [0.717, 1.165) is 55.6 Å². The summed E-state index contributed by atoms with van der Waals surface area (Å²) < 4.78 is 29.0. The molecular formula is C32H38N4O3S. The maximum absolute atomic E-state index is 13.8. The molecule has 0 saturated carbocycles. The maximum atomic E-state index is 13.8. The third-order valence-electron chi connectivity index (χ3n) is 8.57. The Kier molecular flexibility index (Phi) is 6.66. The van der Waals surface area contributed by atoms with E-state index in [1.165, 1.54) is 21.1 Å². The summed E-state index contributed by atoms with van der Waals surface area (Å²) in [4.78, 5) is 19.3. The summed E-state index contributed by atoms with van der Waals surface area (Å²) in [5, 5.41) is 2.95. The first-order valence-electron chi connectivity index (χ1n) is 14.2. The molecule has 0 saturated heterocycles. The lowest BCUT2D eigenvalue weighted by Gasteiger charge is -2.29. The zero-order chi connectivity index (χ0) is 28.2. The maximum Gasteiger partial charge on any atom is 0.264 e. The Bertz CT molecular complexity index is 1630. The fourth-order valence-corrected chi connectivity index (χ4v) is 7.95. The molecule has 0 atom stereocenters. The lowest BCUT2D eigenvalue weighted by atomic mass is 9.76. The highest BCUT2D eigenvalue weighted by Crippen LogP contribution is 2.41. The average Bonchev–Trinajstić information content (AvgIpc) is 3.57. The number of nitrogens with zero attached hydrogens (tertiary/aromatic N) is 2. The molecule has 210 valence electrons. The summed E-state index contributed by atoms with van der Waals surface area (Å²) in [6.07, 6.45) is 7.74. The Morgan fingerprint density at radius 1 is 1.10 bits per heavy atom. The third-order valence-corrected chi connectivity index (χ3v) is 10.4. The minimum absolute atomic E-state index is 0.198. The number of nitrogens with one attached hydrogen (secondary N) is 2. The van der Waals surface area contributed by atoms with Crippen LogP contribution in [0.4, 0.5) is 11.4 Å². The van der Waals surface area contributed by atoms with Gasteiger partial charge in [0.1, 0.15) is 0 Å². The quantitative estimate of drug-likeness (QED) is 0.387. The molecule has 1 aliphatic carbocycles. The number of para-hydroxylation sites is 1. The summed E-state index contributed by atoms with van der Waals surface area (Å²) >= 11 is 0. The number of sulfonamides is 1. The van der Waals surface area contributed by atoms with Crippen LogP contribution in [0.25, 0.3) is 11.6 Å². The number of hydrogen-bond donors (Lipinski definition) is 2. The molecule has 6 rings (SSSR count). The Balaban J connectivity index is 1.39. The lowest BCUT2D eigenvalue weighted by molar-refractivity contribution is -0.110. The van der Waals surface area contributed by atoms with Crippen molar-refractivity contribution < 1.29 is 13.2 Å². The van der Waals surface area contributed by atoms with E-state index in [0.29, 0.717) is 29.8 Å². The van der Waals surface area contributed by atoms with Crippen LogP contribution in [-0.2, 0) is 40.5 Å². The Morgan fingerprint density at radius 3 is 2.70 bits per heavy atom. The van der Waals surface area contributed by atoms with E-state index in [2.05, 4.69) is 43.1 Å². The number of amides is 1. The number of fused-ring (bicyclic) bond motifs is 3. The van der Waals surface area contributed by atoms with Crippen LogP contribution < -0.4 is 9.62 Å². The molecule has 3 aromatic rings. The van der Waals surface area contributed by atoms with E-state index < -0.39 is 10.0 Å². The zero-order valence-corrected chi connectivity index (χ0v) is 24.6. The Morgan fingerprint density at radius 2 is 1.90 bits per heavy atom. The number of aromatic amines is 1. The van der Waals surface area contributed by atoms with E-state index in [-0.39, 0.29) is 16.2 Å². The number of carbonyl (C=O) groups is 1. The van der Waals surface area contributed by atoms with Crippen molar-refractivity contribution >= 4 is 39.0 Å². The normalized spacial score (nSPS) is 18.7. The smallest absolute Gasteiger partial charge is 0.264 e. The van der Waals surface area contributed by atoms with Crippen molar-refractivity contribution in [3.63, 3.8) is 0 Å². The summed E-state index contributed by atoms with van der Waals surface area (Å²) in [5.74, 6) is -0.205. The molecule has 0 fully saturated rings. The largest absolute Gasteiger partial charge is 0.358 e. The van der Waals surface area contributed by atoms with E-state index in [4.69, 9.17) is 0 Å². The van der Waals surface area contributed by atoms with Crippen molar-refractivity contribution in [1.82, 2.24) is 9.88 Å². The van der Waals surface area contributed by atoms with Crippen molar-refractivity contribution in [2.75, 3.05) is 36.8 Å². The lowest BCUT2D eigenvalue weighted by Crippen LogP contribution is -2.29. The monoisotopic (exact) mass is 558 g/mol. The SMILES string of the molecule is CN(C)CCCc1c(/C=C2\C(=O)Nc3ccc(S(=O)(=O)N4CCc5ccccc54)cc32)[nH]c2c1CCC(C)(C)C2. The molecule has 1 aromatic heterocycles. The van der Waals surface area contributed by atoms with Crippen molar-refractivity contribution in [1.29, 1.82) is 0 Å². The highest BCUT2D eigenvalue weighted by Gasteiger charge is 2.34. The van der Waals surface area contributed by atoms with E-state index in [9.17, 15) is 13.2 Å². The zero-order valence-electron chi connectivity index (χ0n) is 23.8. The number of hydrogen-bond acceptors (Lipinski definition) is 4. The fourth-order valence-electron chi connectivity index (χ4n) is 6.42. The second-order valence-corrected chi connectivity index (χ2v) is 14.3. The van der Waals surface area contributed by atoms with Crippen LogP contribution in [0.2, 0.25) is 0 Å². The number of aromatic nitrogens is 1. The Labute approximate surface area is 237 Å². The van der Waals surface area contributed by atoms with Gasteiger partial charge in [0.25, 0.3) is 15.9 Å². The fraction of sp³-hybridized carbons (Fsp3) is 0.406. The van der Waals surface area contributed by atoms with Gasteiger partial charge >= 0.3 is 0 Å². The van der Waals surface area contributed by atoms with E-state index in [1.54, 1.807) is 18.2 Å². The molecule has 7 nitrogen and oxygen atoms in total. The van der Waals surface area contributed by atoms with Crippen LogP contribution in [0.1, 0.15) is 60.3 Å². The van der Waals surface area contributed by atoms with Gasteiger partial charge in [-0.3, -0.25) is 9.10 Å². The van der Waals surface area contributed by atoms with Crippen LogP contribution >= 0.6 is 0 Å². The Hall–Kier alpha value is -3.36. The molecule has 8 heteroatoms. The minimum Gasteiger partial charge on any atom is -0.358 e. The molecule has 1 amide bonds. The van der Waals surface area contributed by atoms with Crippen molar-refractivity contribution in [2.45, 2.75) is 57.3 Å². The van der Waals surface area contributed by atoms with Gasteiger partial charge in [-0.25, -0.2) is 8.42 Å². The van der Waals surface area contributed by atoms with Gasteiger partial charge in [-0.05, 0) is 112 Å². The number of carbonyl (C=O) groups excluding carboxylic acids is 1. The van der Waals surface area contributed by atoms with Gasteiger partial charge < -0.3 is 15.2 Å². The predicted octanol–water partition coefficient (Wildman–Crippen LogP) is 5.27. The number of anilines is 2. The van der Waals surface area contributed by atoms with Gasteiger partial charge in [-0.15, -0.1) is 0 Å². The first-order chi connectivity index (χ1) is 19.0. The first-order valence-corrected chi connectivity index (χ1v) is 15.6.